The standard InChI is InChI=1S/C48H54N10O4/c1-47(2,3)37-19-29-15-33-23-39(53-55-49)25-35(43(33)59-9)17-31-21-38(48(4,5)6)22-32(46(31)62-28-42-52-12-14-58(42)8)18-36-26-40(54-56-50)24-34(44(36)60-10)16-30(20-37)45(29)61-27-41-51-11-13-57(41)7/h11-14,19-26H,15-18,27-28H2,1-10H3. The zero-order chi connectivity index (χ0) is 44.3. The fourth-order valence-electron chi connectivity index (χ4n) is 8.18. The minimum atomic E-state index is -0.244. The van der Waals surface area contributed by atoms with Gasteiger partial charge in [0.05, 0.1) is 14.2 Å². The summed E-state index contributed by atoms with van der Waals surface area (Å²) >= 11 is 0. The van der Waals surface area contributed by atoms with Crippen LogP contribution in [0, 0.1) is 0 Å². The summed E-state index contributed by atoms with van der Waals surface area (Å²) in [5.41, 5.74) is 29.2. The summed E-state index contributed by atoms with van der Waals surface area (Å²) in [7, 11) is 7.24. The summed E-state index contributed by atoms with van der Waals surface area (Å²) in [6.07, 6.45) is 8.83. The first-order chi connectivity index (χ1) is 29.6. The second-order valence-corrected chi connectivity index (χ2v) is 17.9. The van der Waals surface area contributed by atoms with E-state index in [0.29, 0.717) is 60.1 Å². The third kappa shape index (κ3) is 9.22. The Balaban J connectivity index is 1.57. The summed E-state index contributed by atoms with van der Waals surface area (Å²) in [5.74, 6) is 4.25. The number of hydrogen-bond donors (Lipinski definition) is 0. The van der Waals surface area contributed by atoms with Gasteiger partial charge >= 0.3 is 0 Å². The van der Waals surface area contributed by atoms with Crippen LogP contribution in [0.15, 0.2) is 83.5 Å². The van der Waals surface area contributed by atoms with Crippen LogP contribution in [-0.4, -0.2) is 33.3 Å². The van der Waals surface area contributed by atoms with Gasteiger partial charge in [0.1, 0.15) is 47.9 Å². The van der Waals surface area contributed by atoms with Gasteiger partial charge in [0.15, 0.2) is 0 Å². The molecule has 62 heavy (non-hydrogen) atoms. The molecule has 0 unspecified atom stereocenters. The summed E-state index contributed by atoms with van der Waals surface area (Å²) in [4.78, 5) is 15.5. The first-order valence-corrected chi connectivity index (χ1v) is 20.6. The first kappa shape index (κ1) is 43.2. The van der Waals surface area contributed by atoms with Crippen molar-refractivity contribution in [1.82, 2.24) is 19.1 Å². The highest BCUT2D eigenvalue weighted by Crippen LogP contribution is 2.44. The van der Waals surface area contributed by atoms with Crippen LogP contribution in [0.3, 0.4) is 0 Å². The molecule has 2 heterocycles. The van der Waals surface area contributed by atoms with Crippen molar-refractivity contribution in [3.8, 4) is 23.0 Å². The second kappa shape index (κ2) is 17.6. The molecule has 320 valence electrons. The summed E-state index contributed by atoms with van der Waals surface area (Å²) in [6, 6.07) is 16.4. The minimum absolute atomic E-state index is 0.215. The topological polar surface area (TPSA) is 170 Å². The minimum Gasteiger partial charge on any atom is -0.496 e. The van der Waals surface area contributed by atoms with E-state index in [4.69, 9.17) is 18.9 Å². The number of nitrogens with zero attached hydrogens (tertiary/aromatic N) is 10. The van der Waals surface area contributed by atoms with Gasteiger partial charge in [-0.25, -0.2) is 9.97 Å². The molecule has 0 saturated carbocycles. The lowest BCUT2D eigenvalue weighted by molar-refractivity contribution is 0.286. The molecule has 2 aromatic heterocycles. The Morgan fingerprint density at radius 2 is 0.839 bits per heavy atom. The largest absolute Gasteiger partial charge is 0.496 e. The lowest BCUT2D eigenvalue weighted by Crippen LogP contribution is -2.16. The van der Waals surface area contributed by atoms with Gasteiger partial charge in [-0.2, -0.15) is 0 Å². The maximum absolute atomic E-state index is 9.78. The molecule has 7 rings (SSSR count). The lowest BCUT2D eigenvalue weighted by Gasteiger charge is -2.27. The average molecular weight is 835 g/mol. The van der Waals surface area contributed by atoms with Gasteiger partial charge in [-0.1, -0.05) is 76.0 Å². The van der Waals surface area contributed by atoms with E-state index in [1.54, 1.807) is 26.6 Å². The van der Waals surface area contributed by atoms with E-state index in [9.17, 15) is 11.1 Å². The molecule has 0 atom stereocenters. The Morgan fingerprint density at radius 1 is 0.532 bits per heavy atom. The van der Waals surface area contributed by atoms with Crippen LogP contribution < -0.4 is 18.9 Å². The highest BCUT2D eigenvalue weighted by atomic mass is 16.5. The third-order valence-electron chi connectivity index (χ3n) is 11.5. The molecule has 0 spiro atoms. The van der Waals surface area contributed by atoms with E-state index in [0.717, 1.165) is 67.3 Å². The Labute approximate surface area is 362 Å². The highest BCUT2D eigenvalue weighted by molar-refractivity contribution is 5.62. The van der Waals surface area contributed by atoms with Crippen molar-refractivity contribution in [2.75, 3.05) is 14.2 Å². The molecule has 8 bridgehead atoms. The lowest BCUT2D eigenvalue weighted by atomic mass is 9.81. The smallest absolute Gasteiger partial charge is 0.146 e. The number of aryl methyl sites for hydroxylation is 2. The fraction of sp³-hybridized carbons (Fsp3) is 0.375. The van der Waals surface area contributed by atoms with Gasteiger partial charge in [-0.05, 0) is 102 Å². The highest BCUT2D eigenvalue weighted by Gasteiger charge is 2.27. The number of rotatable bonds is 10. The Hall–Kier alpha value is -6.88. The monoisotopic (exact) mass is 834 g/mol. The maximum atomic E-state index is 9.78. The molecule has 0 radical (unpaired) electrons. The van der Waals surface area contributed by atoms with E-state index >= 15 is 0 Å². The third-order valence-corrected chi connectivity index (χ3v) is 11.5. The SMILES string of the molecule is COc1c2cc(N=[N+]=[N-])cc1Cc1cc(C(C)(C)C)cc(c1OCc1nccn1C)Cc1cc(N=[N+]=[N-])cc(c1OC)Cc1cc(C(C)(C)C)cc(c1OCc1nccn1C)C2. The number of aromatic nitrogens is 4. The van der Waals surface area contributed by atoms with Crippen LogP contribution in [-0.2, 0) is 63.8 Å². The number of methoxy groups -OCH3 is 2. The predicted octanol–water partition coefficient (Wildman–Crippen LogP) is 11.5. The van der Waals surface area contributed by atoms with Crippen LogP contribution in [0.4, 0.5) is 11.4 Å². The van der Waals surface area contributed by atoms with Crippen molar-refractivity contribution in [2.24, 2.45) is 24.3 Å². The van der Waals surface area contributed by atoms with E-state index in [1.807, 2.05) is 59.9 Å². The van der Waals surface area contributed by atoms with E-state index in [-0.39, 0.29) is 24.0 Å². The molecule has 14 nitrogen and oxygen atoms in total. The van der Waals surface area contributed by atoms with Crippen LogP contribution in [0.2, 0.25) is 0 Å². The fourth-order valence-corrected chi connectivity index (χ4v) is 8.18. The van der Waals surface area contributed by atoms with E-state index < -0.39 is 0 Å². The van der Waals surface area contributed by atoms with Crippen LogP contribution in [0.5, 0.6) is 23.0 Å². The van der Waals surface area contributed by atoms with Crippen LogP contribution in [0.1, 0.15) is 109 Å². The molecule has 6 aromatic rings. The van der Waals surface area contributed by atoms with Crippen molar-refractivity contribution in [2.45, 2.75) is 91.3 Å². The number of ether oxygens (including phenoxy) is 4. The van der Waals surface area contributed by atoms with Crippen LogP contribution >= 0.6 is 0 Å². The zero-order valence-electron chi connectivity index (χ0n) is 37.3. The summed E-state index contributed by atoms with van der Waals surface area (Å²) in [6.45, 7) is 13.5. The van der Waals surface area contributed by atoms with E-state index in [2.05, 4.69) is 95.8 Å². The molecule has 1 aliphatic carbocycles. The molecule has 4 aromatic carbocycles. The van der Waals surface area contributed by atoms with Gasteiger partial charge in [0.25, 0.3) is 0 Å². The molecular formula is C48H54N10O4. The van der Waals surface area contributed by atoms with Gasteiger partial charge in [-0.15, -0.1) is 0 Å². The van der Waals surface area contributed by atoms with Crippen molar-refractivity contribution >= 4 is 11.4 Å². The zero-order valence-corrected chi connectivity index (χ0v) is 37.3. The Bertz CT molecular complexity index is 2460. The van der Waals surface area contributed by atoms with Gasteiger partial charge in [0.2, 0.25) is 0 Å². The van der Waals surface area contributed by atoms with Gasteiger partial charge in [-0.3, -0.25) is 0 Å². The van der Waals surface area contributed by atoms with Crippen molar-refractivity contribution in [3.05, 3.63) is 161 Å². The second-order valence-electron chi connectivity index (χ2n) is 17.9. The van der Waals surface area contributed by atoms with Gasteiger partial charge < -0.3 is 28.1 Å². The Morgan fingerprint density at radius 3 is 1.08 bits per heavy atom. The predicted molar refractivity (Wildman–Crippen MR) is 240 cm³/mol. The molecule has 0 saturated heterocycles. The number of benzene rings is 4. The summed E-state index contributed by atoms with van der Waals surface area (Å²) in [5, 5.41) is 8.29. The molecule has 0 fully saturated rings. The van der Waals surface area contributed by atoms with E-state index in [1.165, 1.54) is 0 Å². The maximum Gasteiger partial charge on any atom is 0.146 e. The number of imidazole rings is 2. The summed E-state index contributed by atoms with van der Waals surface area (Å²) < 4.78 is 30.3. The number of fused-ring (bicyclic) bond motifs is 8. The molecule has 0 N–H and O–H groups in total. The number of hydrogen-bond acceptors (Lipinski definition) is 8. The van der Waals surface area contributed by atoms with Gasteiger partial charge in [0, 0.05) is 85.8 Å². The average Bonchev–Trinajstić information content (AvgIpc) is 3.82. The first-order valence-electron chi connectivity index (χ1n) is 20.6. The quantitative estimate of drug-likeness (QED) is 0.0754. The molecule has 0 amide bonds. The normalized spacial score (nSPS) is 12.5. The molecule has 1 aliphatic rings. The number of azide groups is 2. The van der Waals surface area contributed by atoms with Crippen molar-refractivity contribution < 1.29 is 18.9 Å². The van der Waals surface area contributed by atoms with Crippen molar-refractivity contribution in [3.63, 3.8) is 0 Å². The van der Waals surface area contributed by atoms with Crippen molar-refractivity contribution in [1.29, 1.82) is 0 Å². The molecule has 0 aliphatic heterocycles. The molecule has 14 heteroatoms. The van der Waals surface area contributed by atoms with Crippen LogP contribution in [0.25, 0.3) is 20.9 Å². The molecular weight excluding hydrogens is 781 g/mol. The Kier molecular flexibility index (Phi) is 12.3.